The molecule has 0 unspecified atom stereocenters. The summed E-state index contributed by atoms with van der Waals surface area (Å²) in [5, 5.41) is 6.33. The van der Waals surface area contributed by atoms with Crippen LogP contribution in [0.25, 0.3) is 10.9 Å². The first-order valence-corrected chi connectivity index (χ1v) is 12.8. The summed E-state index contributed by atoms with van der Waals surface area (Å²) in [6.45, 7) is 2.36. The van der Waals surface area contributed by atoms with Gasteiger partial charge in [-0.2, -0.15) is 0 Å². The first-order chi connectivity index (χ1) is 18.5. The molecule has 0 aliphatic carbocycles. The number of carbonyl (C=O) groups excluding carboxylic acids is 2. The molecule has 0 radical (unpaired) electrons. The predicted octanol–water partition coefficient (Wildman–Crippen LogP) is 4.60. The molecule has 0 atom stereocenters. The summed E-state index contributed by atoms with van der Waals surface area (Å²) in [6, 6.07) is 19.3. The van der Waals surface area contributed by atoms with Gasteiger partial charge in [-0.05, 0) is 61.5 Å². The number of hydrogen-bond acceptors (Lipinski definition) is 7. The number of rotatable bonds is 9. The molecule has 10 heteroatoms. The summed E-state index contributed by atoms with van der Waals surface area (Å²) < 4.78 is 12.2. The highest BCUT2D eigenvalue weighted by Crippen LogP contribution is 2.21. The molecule has 192 valence electrons. The quantitative estimate of drug-likeness (QED) is 0.212. The maximum absolute atomic E-state index is 13.5. The lowest BCUT2D eigenvalue weighted by Crippen LogP contribution is -2.26. The van der Waals surface area contributed by atoms with Gasteiger partial charge in [0.05, 0.1) is 42.3 Å². The Labute approximate surface area is 221 Å². The SMILES string of the molecule is Cc1ccc(NC(=O)CSc2nc3cc(C(=O)NCc4ccco4)ccc3c(=O)n2Cc2ccco2)cc1. The van der Waals surface area contributed by atoms with Crippen LogP contribution in [0.2, 0.25) is 0 Å². The molecule has 2 aromatic carbocycles. The van der Waals surface area contributed by atoms with Gasteiger partial charge in [0.25, 0.3) is 11.5 Å². The average molecular weight is 529 g/mol. The fourth-order valence-corrected chi connectivity index (χ4v) is 4.60. The number of fused-ring (bicyclic) bond motifs is 1. The number of anilines is 1. The van der Waals surface area contributed by atoms with Gasteiger partial charge in [-0.15, -0.1) is 0 Å². The summed E-state index contributed by atoms with van der Waals surface area (Å²) >= 11 is 1.14. The van der Waals surface area contributed by atoms with Crippen LogP contribution < -0.4 is 16.2 Å². The molecule has 0 bridgehead atoms. The summed E-state index contributed by atoms with van der Waals surface area (Å²) in [4.78, 5) is 43.5. The number of thioether (sulfide) groups is 1. The van der Waals surface area contributed by atoms with E-state index in [0.29, 0.717) is 38.8 Å². The van der Waals surface area contributed by atoms with Crippen molar-refractivity contribution >= 4 is 40.2 Å². The zero-order chi connectivity index (χ0) is 26.5. The molecular formula is C28H24N4O5S. The Morgan fingerprint density at radius 1 is 0.974 bits per heavy atom. The Bertz CT molecular complexity index is 1620. The summed E-state index contributed by atoms with van der Waals surface area (Å²) in [7, 11) is 0. The second-order valence-electron chi connectivity index (χ2n) is 8.56. The largest absolute Gasteiger partial charge is 0.467 e. The maximum Gasteiger partial charge on any atom is 0.262 e. The number of benzene rings is 2. The Morgan fingerprint density at radius 3 is 2.42 bits per heavy atom. The van der Waals surface area contributed by atoms with Gasteiger partial charge in [0, 0.05) is 11.3 Å². The number of amides is 2. The molecule has 0 spiro atoms. The van der Waals surface area contributed by atoms with Crippen LogP contribution in [0.4, 0.5) is 5.69 Å². The Morgan fingerprint density at radius 2 is 1.71 bits per heavy atom. The van der Waals surface area contributed by atoms with Crippen molar-refractivity contribution in [2.24, 2.45) is 0 Å². The van der Waals surface area contributed by atoms with Crippen molar-refractivity contribution in [2.75, 3.05) is 11.1 Å². The van der Waals surface area contributed by atoms with Gasteiger partial charge in [0.15, 0.2) is 5.16 Å². The van der Waals surface area contributed by atoms with Gasteiger partial charge < -0.3 is 19.5 Å². The van der Waals surface area contributed by atoms with E-state index in [2.05, 4.69) is 15.6 Å². The molecular weight excluding hydrogens is 504 g/mol. The van der Waals surface area contributed by atoms with Gasteiger partial charge in [-0.25, -0.2) is 4.98 Å². The topological polar surface area (TPSA) is 119 Å². The van der Waals surface area contributed by atoms with Crippen molar-refractivity contribution in [2.45, 2.75) is 25.2 Å². The van der Waals surface area contributed by atoms with Crippen molar-refractivity contribution in [3.8, 4) is 0 Å². The van der Waals surface area contributed by atoms with E-state index < -0.39 is 0 Å². The third-order valence-electron chi connectivity index (χ3n) is 5.75. The highest BCUT2D eigenvalue weighted by molar-refractivity contribution is 7.99. The number of aromatic nitrogens is 2. The van der Waals surface area contributed by atoms with E-state index in [9.17, 15) is 14.4 Å². The van der Waals surface area contributed by atoms with Crippen LogP contribution in [0.5, 0.6) is 0 Å². The van der Waals surface area contributed by atoms with Crippen LogP contribution in [0.1, 0.15) is 27.4 Å². The lowest BCUT2D eigenvalue weighted by molar-refractivity contribution is -0.113. The molecule has 3 aromatic heterocycles. The molecule has 2 N–H and O–H groups in total. The normalized spacial score (nSPS) is 11.0. The van der Waals surface area contributed by atoms with Crippen molar-refractivity contribution in [1.29, 1.82) is 0 Å². The fraction of sp³-hybridized carbons (Fsp3) is 0.143. The van der Waals surface area contributed by atoms with Gasteiger partial charge in [0.1, 0.15) is 11.5 Å². The average Bonchev–Trinajstić information content (AvgIpc) is 3.63. The van der Waals surface area contributed by atoms with Crippen LogP contribution in [0, 0.1) is 6.92 Å². The van der Waals surface area contributed by atoms with Crippen LogP contribution in [-0.2, 0) is 17.9 Å². The summed E-state index contributed by atoms with van der Waals surface area (Å²) in [6.07, 6.45) is 3.07. The van der Waals surface area contributed by atoms with Gasteiger partial charge in [-0.3, -0.25) is 19.0 Å². The molecule has 0 saturated carbocycles. The summed E-state index contributed by atoms with van der Waals surface area (Å²) in [5.74, 6) is 0.682. The number of hydrogen-bond donors (Lipinski definition) is 2. The molecule has 0 aliphatic heterocycles. The van der Waals surface area contributed by atoms with Crippen molar-refractivity contribution in [1.82, 2.24) is 14.9 Å². The molecule has 0 fully saturated rings. The minimum Gasteiger partial charge on any atom is -0.467 e. The van der Waals surface area contributed by atoms with E-state index in [1.165, 1.54) is 17.1 Å². The fourth-order valence-electron chi connectivity index (χ4n) is 3.80. The van der Waals surface area contributed by atoms with Crippen molar-refractivity contribution < 1.29 is 18.4 Å². The number of nitrogens with one attached hydrogen (secondary N) is 2. The first-order valence-electron chi connectivity index (χ1n) is 11.8. The molecule has 0 aliphatic rings. The Hall–Kier alpha value is -4.57. The Kier molecular flexibility index (Phi) is 7.41. The van der Waals surface area contributed by atoms with E-state index in [1.54, 1.807) is 42.5 Å². The second kappa shape index (κ2) is 11.2. The number of aryl methyl sites for hydroxylation is 1. The van der Waals surface area contributed by atoms with E-state index >= 15 is 0 Å². The van der Waals surface area contributed by atoms with Crippen LogP contribution >= 0.6 is 11.8 Å². The van der Waals surface area contributed by atoms with Crippen LogP contribution in [0.15, 0.2) is 98.0 Å². The number of furan rings is 2. The number of carbonyl (C=O) groups is 2. The molecule has 3 heterocycles. The zero-order valence-electron chi connectivity index (χ0n) is 20.5. The molecule has 5 rings (SSSR count). The van der Waals surface area contributed by atoms with Crippen molar-refractivity contribution in [3.05, 3.63) is 112 Å². The minimum absolute atomic E-state index is 0.0350. The standard InChI is InChI=1S/C28H24N4O5S/c1-18-6-9-20(10-7-18)30-25(33)17-38-28-31-24-14-19(26(34)29-15-21-4-2-12-36-21)8-11-23(24)27(35)32(28)16-22-5-3-13-37-22/h2-14H,15-17H2,1H3,(H,29,34)(H,30,33). The highest BCUT2D eigenvalue weighted by Gasteiger charge is 2.17. The monoisotopic (exact) mass is 528 g/mol. The molecule has 9 nitrogen and oxygen atoms in total. The minimum atomic E-state index is -0.323. The third-order valence-corrected chi connectivity index (χ3v) is 6.72. The van der Waals surface area contributed by atoms with Gasteiger partial charge in [0.2, 0.25) is 5.91 Å². The zero-order valence-corrected chi connectivity index (χ0v) is 21.3. The van der Waals surface area contributed by atoms with E-state index in [4.69, 9.17) is 8.83 Å². The van der Waals surface area contributed by atoms with Crippen LogP contribution in [0.3, 0.4) is 0 Å². The number of nitrogens with zero attached hydrogens (tertiary/aromatic N) is 2. The van der Waals surface area contributed by atoms with E-state index in [1.807, 2.05) is 31.2 Å². The lowest BCUT2D eigenvalue weighted by atomic mass is 10.1. The van der Waals surface area contributed by atoms with Gasteiger partial charge in [-0.1, -0.05) is 29.5 Å². The summed E-state index contributed by atoms with van der Waals surface area (Å²) in [5.41, 5.74) is 2.19. The van der Waals surface area contributed by atoms with E-state index in [-0.39, 0.29) is 36.2 Å². The molecule has 38 heavy (non-hydrogen) atoms. The van der Waals surface area contributed by atoms with Crippen LogP contribution in [-0.4, -0.2) is 27.1 Å². The lowest BCUT2D eigenvalue weighted by Gasteiger charge is -2.13. The molecule has 5 aromatic rings. The molecule has 0 saturated heterocycles. The van der Waals surface area contributed by atoms with Crippen molar-refractivity contribution in [3.63, 3.8) is 0 Å². The molecule has 2 amide bonds. The first kappa shape index (κ1) is 25.1. The maximum atomic E-state index is 13.5. The highest BCUT2D eigenvalue weighted by atomic mass is 32.2. The third kappa shape index (κ3) is 5.87. The second-order valence-corrected chi connectivity index (χ2v) is 9.50. The smallest absolute Gasteiger partial charge is 0.262 e. The Balaban J connectivity index is 1.41. The van der Waals surface area contributed by atoms with E-state index in [0.717, 1.165) is 17.3 Å². The van der Waals surface area contributed by atoms with Gasteiger partial charge >= 0.3 is 0 Å². The predicted molar refractivity (Wildman–Crippen MR) is 144 cm³/mol.